The number of hydrogen-bond donors (Lipinski definition) is 2. The molecule has 1 amide bonds. The number of rotatable bonds is 5. The summed E-state index contributed by atoms with van der Waals surface area (Å²) in [4.78, 5) is 11.5. The highest BCUT2D eigenvalue weighted by atomic mass is 16.5. The highest BCUT2D eigenvalue weighted by molar-refractivity contribution is 5.81. The van der Waals surface area contributed by atoms with Gasteiger partial charge < -0.3 is 15.4 Å². The van der Waals surface area contributed by atoms with Gasteiger partial charge in [-0.3, -0.25) is 4.79 Å². The average Bonchev–Trinajstić information content (AvgIpc) is 3.10. The van der Waals surface area contributed by atoms with Crippen LogP contribution < -0.4 is 15.4 Å². The van der Waals surface area contributed by atoms with Gasteiger partial charge in [-0.25, -0.2) is 0 Å². The number of aryl methyl sites for hydroxylation is 1. The molecule has 4 heteroatoms. The van der Waals surface area contributed by atoms with Gasteiger partial charge in [0, 0.05) is 6.04 Å². The van der Waals surface area contributed by atoms with Crippen molar-refractivity contribution in [3.63, 3.8) is 0 Å². The summed E-state index contributed by atoms with van der Waals surface area (Å²) in [5.41, 5.74) is 1.99. The molecule has 1 fully saturated rings. The Hall–Kier alpha value is -1.71. The molecule has 0 unspecified atom stereocenters. The first-order chi connectivity index (χ1) is 8.19. The maximum Gasteiger partial charge on any atom is 0.239 e. The lowest BCUT2D eigenvalue weighted by Gasteiger charge is -2.11. The van der Waals surface area contributed by atoms with E-state index in [-0.39, 0.29) is 12.5 Å². The smallest absolute Gasteiger partial charge is 0.239 e. The van der Waals surface area contributed by atoms with Crippen LogP contribution in [0.5, 0.6) is 5.75 Å². The van der Waals surface area contributed by atoms with E-state index in [1.54, 1.807) is 7.11 Å². The molecule has 17 heavy (non-hydrogen) atoms. The molecule has 1 aliphatic rings. The maximum atomic E-state index is 11.5. The van der Waals surface area contributed by atoms with Crippen LogP contribution in [-0.2, 0) is 4.79 Å². The van der Waals surface area contributed by atoms with Gasteiger partial charge in [0.25, 0.3) is 0 Å². The van der Waals surface area contributed by atoms with E-state index in [2.05, 4.69) is 10.6 Å². The third-order valence-corrected chi connectivity index (χ3v) is 2.74. The van der Waals surface area contributed by atoms with E-state index in [9.17, 15) is 4.79 Å². The molecule has 92 valence electrons. The molecule has 0 saturated heterocycles. The standard InChI is InChI=1S/C13H18N2O2/c1-9-3-6-12(17-2)11(7-9)14-8-13(16)15-10-4-5-10/h3,6-7,10,14H,4-5,8H2,1-2H3,(H,15,16). The number of methoxy groups -OCH3 is 1. The fraction of sp³-hybridized carbons (Fsp3) is 0.462. The normalized spacial score (nSPS) is 14.2. The number of hydrogen-bond acceptors (Lipinski definition) is 3. The fourth-order valence-corrected chi connectivity index (χ4v) is 1.64. The topological polar surface area (TPSA) is 50.4 Å². The highest BCUT2D eigenvalue weighted by Gasteiger charge is 2.22. The van der Waals surface area contributed by atoms with E-state index in [0.717, 1.165) is 29.8 Å². The number of ether oxygens (including phenoxy) is 1. The molecule has 0 bridgehead atoms. The monoisotopic (exact) mass is 234 g/mol. The van der Waals surface area contributed by atoms with E-state index in [0.29, 0.717) is 6.04 Å². The van der Waals surface area contributed by atoms with Crippen LogP contribution in [0.2, 0.25) is 0 Å². The minimum Gasteiger partial charge on any atom is -0.495 e. The van der Waals surface area contributed by atoms with Gasteiger partial charge in [0.15, 0.2) is 0 Å². The molecule has 0 heterocycles. The van der Waals surface area contributed by atoms with Crippen molar-refractivity contribution in [2.24, 2.45) is 0 Å². The average molecular weight is 234 g/mol. The molecule has 4 nitrogen and oxygen atoms in total. The minimum absolute atomic E-state index is 0.0380. The summed E-state index contributed by atoms with van der Waals surface area (Å²) in [6.07, 6.45) is 2.22. The van der Waals surface area contributed by atoms with Crippen molar-refractivity contribution in [1.29, 1.82) is 0 Å². The number of amides is 1. The van der Waals surface area contributed by atoms with Gasteiger partial charge in [0.1, 0.15) is 5.75 Å². The van der Waals surface area contributed by atoms with Gasteiger partial charge in [0.05, 0.1) is 19.3 Å². The lowest BCUT2D eigenvalue weighted by atomic mass is 10.2. The third-order valence-electron chi connectivity index (χ3n) is 2.74. The Morgan fingerprint density at radius 2 is 2.24 bits per heavy atom. The molecule has 1 aromatic carbocycles. The quantitative estimate of drug-likeness (QED) is 0.815. The first-order valence-corrected chi connectivity index (χ1v) is 5.87. The van der Waals surface area contributed by atoms with Gasteiger partial charge in [-0.05, 0) is 37.5 Å². The molecule has 0 radical (unpaired) electrons. The molecular weight excluding hydrogens is 216 g/mol. The number of nitrogens with one attached hydrogen (secondary N) is 2. The number of carbonyl (C=O) groups excluding carboxylic acids is 1. The molecule has 1 aliphatic carbocycles. The Labute approximate surface area is 101 Å². The first-order valence-electron chi connectivity index (χ1n) is 5.87. The van der Waals surface area contributed by atoms with Gasteiger partial charge in [-0.1, -0.05) is 6.07 Å². The fourth-order valence-electron chi connectivity index (χ4n) is 1.64. The van der Waals surface area contributed by atoms with Crippen molar-refractivity contribution < 1.29 is 9.53 Å². The van der Waals surface area contributed by atoms with Crippen LogP contribution in [0, 0.1) is 6.92 Å². The lowest BCUT2D eigenvalue weighted by molar-refractivity contribution is -0.119. The van der Waals surface area contributed by atoms with Crippen molar-refractivity contribution in [1.82, 2.24) is 5.32 Å². The van der Waals surface area contributed by atoms with Crippen LogP contribution in [0.1, 0.15) is 18.4 Å². The molecule has 1 saturated carbocycles. The zero-order valence-corrected chi connectivity index (χ0v) is 10.2. The second kappa shape index (κ2) is 5.08. The predicted octanol–water partition coefficient (Wildman–Crippen LogP) is 1.69. The van der Waals surface area contributed by atoms with E-state index < -0.39 is 0 Å². The lowest BCUT2D eigenvalue weighted by Crippen LogP contribution is -2.31. The minimum atomic E-state index is 0.0380. The van der Waals surface area contributed by atoms with Crippen LogP contribution in [0.4, 0.5) is 5.69 Å². The van der Waals surface area contributed by atoms with E-state index in [4.69, 9.17) is 4.74 Å². The van der Waals surface area contributed by atoms with E-state index in [1.807, 2.05) is 25.1 Å². The van der Waals surface area contributed by atoms with Crippen molar-refractivity contribution in [2.75, 3.05) is 19.0 Å². The molecule has 0 atom stereocenters. The van der Waals surface area contributed by atoms with Gasteiger partial charge in [0.2, 0.25) is 5.91 Å². The summed E-state index contributed by atoms with van der Waals surface area (Å²) < 4.78 is 5.23. The van der Waals surface area contributed by atoms with Crippen molar-refractivity contribution >= 4 is 11.6 Å². The number of carbonyl (C=O) groups is 1. The Morgan fingerprint density at radius 1 is 1.47 bits per heavy atom. The van der Waals surface area contributed by atoms with Crippen LogP contribution >= 0.6 is 0 Å². The van der Waals surface area contributed by atoms with Crippen LogP contribution in [0.25, 0.3) is 0 Å². The van der Waals surface area contributed by atoms with Crippen molar-refractivity contribution in [3.8, 4) is 5.75 Å². The van der Waals surface area contributed by atoms with Crippen molar-refractivity contribution in [2.45, 2.75) is 25.8 Å². The number of anilines is 1. The summed E-state index contributed by atoms with van der Waals surface area (Å²) in [5, 5.41) is 6.03. The third kappa shape index (κ3) is 3.37. The zero-order chi connectivity index (χ0) is 12.3. The van der Waals surface area contributed by atoms with Crippen LogP contribution in [-0.4, -0.2) is 25.6 Å². The van der Waals surface area contributed by atoms with Crippen LogP contribution in [0.15, 0.2) is 18.2 Å². The molecule has 2 N–H and O–H groups in total. The Balaban J connectivity index is 1.92. The first kappa shape index (κ1) is 11.8. The van der Waals surface area contributed by atoms with E-state index in [1.165, 1.54) is 0 Å². The maximum absolute atomic E-state index is 11.5. The zero-order valence-electron chi connectivity index (χ0n) is 10.2. The van der Waals surface area contributed by atoms with Gasteiger partial charge in [-0.15, -0.1) is 0 Å². The Morgan fingerprint density at radius 3 is 2.88 bits per heavy atom. The van der Waals surface area contributed by atoms with Crippen LogP contribution in [0.3, 0.4) is 0 Å². The summed E-state index contributed by atoms with van der Waals surface area (Å²) in [6.45, 7) is 2.30. The molecule has 0 aromatic heterocycles. The Kier molecular flexibility index (Phi) is 3.52. The summed E-state index contributed by atoms with van der Waals surface area (Å²) >= 11 is 0. The van der Waals surface area contributed by atoms with Gasteiger partial charge >= 0.3 is 0 Å². The molecular formula is C13H18N2O2. The molecule has 0 aliphatic heterocycles. The SMILES string of the molecule is COc1ccc(C)cc1NCC(=O)NC1CC1. The number of benzene rings is 1. The van der Waals surface area contributed by atoms with Gasteiger partial charge in [-0.2, -0.15) is 0 Å². The molecule has 0 spiro atoms. The van der Waals surface area contributed by atoms with E-state index >= 15 is 0 Å². The summed E-state index contributed by atoms with van der Waals surface area (Å²) in [6, 6.07) is 6.26. The second-order valence-electron chi connectivity index (χ2n) is 4.40. The Bertz CT molecular complexity index is 414. The predicted molar refractivity (Wildman–Crippen MR) is 67.4 cm³/mol. The summed E-state index contributed by atoms with van der Waals surface area (Å²) in [5.74, 6) is 0.797. The summed E-state index contributed by atoms with van der Waals surface area (Å²) in [7, 11) is 1.63. The highest BCUT2D eigenvalue weighted by Crippen LogP contribution is 2.25. The molecule has 1 aromatic rings. The van der Waals surface area contributed by atoms with Crippen molar-refractivity contribution in [3.05, 3.63) is 23.8 Å². The largest absolute Gasteiger partial charge is 0.495 e. The second-order valence-corrected chi connectivity index (χ2v) is 4.40. The molecule has 2 rings (SSSR count).